The number of nitrogens with zero attached hydrogens (tertiary/aromatic N) is 2. The Morgan fingerprint density at radius 2 is 1.95 bits per heavy atom. The topological polar surface area (TPSA) is 46.0 Å². The van der Waals surface area contributed by atoms with E-state index >= 15 is 0 Å². The lowest BCUT2D eigenvalue weighted by molar-refractivity contribution is 0.232. The maximum absolute atomic E-state index is 9.48. The SMILES string of the molecule is CC(C)C(CO)c1nccc(-c2ccccc2Br)n1. The number of rotatable bonds is 4. The Balaban J connectivity index is 2.42. The summed E-state index contributed by atoms with van der Waals surface area (Å²) in [6.45, 7) is 4.20. The summed E-state index contributed by atoms with van der Waals surface area (Å²) in [6, 6.07) is 9.84. The summed E-state index contributed by atoms with van der Waals surface area (Å²) in [7, 11) is 0. The highest BCUT2D eigenvalue weighted by atomic mass is 79.9. The third kappa shape index (κ3) is 3.19. The quantitative estimate of drug-likeness (QED) is 0.935. The van der Waals surface area contributed by atoms with Crippen LogP contribution in [-0.2, 0) is 0 Å². The third-order valence-corrected chi connectivity index (χ3v) is 3.85. The van der Waals surface area contributed by atoms with Crippen LogP contribution in [0.4, 0.5) is 0 Å². The van der Waals surface area contributed by atoms with Crippen molar-refractivity contribution < 1.29 is 5.11 Å². The Kier molecular flexibility index (Phi) is 4.66. The molecule has 0 saturated heterocycles. The van der Waals surface area contributed by atoms with E-state index in [2.05, 4.69) is 39.7 Å². The number of aliphatic hydroxyl groups excluding tert-OH is 1. The molecule has 0 spiro atoms. The summed E-state index contributed by atoms with van der Waals surface area (Å²) in [5, 5.41) is 9.48. The van der Waals surface area contributed by atoms with E-state index in [1.807, 2.05) is 30.3 Å². The van der Waals surface area contributed by atoms with Gasteiger partial charge in [0.25, 0.3) is 0 Å². The monoisotopic (exact) mass is 320 g/mol. The molecular weight excluding hydrogens is 304 g/mol. The Morgan fingerprint density at radius 3 is 2.58 bits per heavy atom. The van der Waals surface area contributed by atoms with Gasteiger partial charge in [0, 0.05) is 22.2 Å². The molecule has 0 bridgehead atoms. The first-order valence-electron chi connectivity index (χ1n) is 6.32. The summed E-state index contributed by atoms with van der Waals surface area (Å²) in [6.07, 6.45) is 1.75. The standard InChI is InChI=1S/C15H17BrN2O/c1-10(2)12(9-19)15-17-8-7-14(18-15)11-5-3-4-6-13(11)16/h3-8,10,12,19H,9H2,1-2H3. The van der Waals surface area contributed by atoms with Crippen molar-refractivity contribution in [2.75, 3.05) is 6.61 Å². The minimum Gasteiger partial charge on any atom is -0.396 e. The van der Waals surface area contributed by atoms with Gasteiger partial charge < -0.3 is 5.11 Å². The number of hydrogen-bond donors (Lipinski definition) is 1. The first-order chi connectivity index (χ1) is 9.13. The van der Waals surface area contributed by atoms with Crippen molar-refractivity contribution in [2.45, 2.75) is 19.8 Å². The van der Waals surface area contributed by atoms with Crippen LogP contribution in [0.3, 0.4) is 0 Å². The Bertz CT molecular complexity index is 557. The number of hydrogen-bond acceptors (Lipinski definition) is 3. The number of benzene rings is 1. The Labute approximate surface area is 121 Å². The highest BCUT2D eigenvalue weighted by molar-refractivity contribution is 9.10. The predicted molar refractivity (Wildman–Crippen MR) is 79.8 cm³/mol. The molecule has 3 nitrogen and oxygen atoms in total. The molecular formula is C15H17BrN2O. The van der Waals surface area contributed by atoms with E-state index in [0.29, 0.717) is 11.7 Å². The molecule has 0 aliphatic carbocycles. The molecule has 0 saturated carbocycles. The first kappa shape index (κ1) is 14.2. The van der Waals surface area contributed by atoms with Gasteiger partial charge in [-0.25, -0.2) is 9.97 Å². The summed E-state index contributed by atoms with van der Waals surface area (Å²) >= 11 is 3.53. The fourth-order valence-corrected chi connectivity index (χ4v) is 2.45. The van der Waals surface area contributed by atoms with E-state index in [4.69, 9.17) is 0 Å². The molecule has 4 heteroatoms. The predicted octanol–water partition coefficient (Wildman–Crippen LogP) is 3.64. The molecule has 1 heterocycles. The fraction of sp³-hybridized carbons (Fsp3) is 0.333. The Hall–Kier alpha value is -1.26. The molecule has 1 N–H and O–H groups in total. The van der Waals surface area contributed by atoms with Crippen molar-refractivity contribution in [1.29, 1.82) is 0 Å². The van der Waals surface area contributed by atoms with Crippen molar-refractivity contribution in [3.63, 3.8) is 0 Å². The van der Waals surface area contributed by atoms with Crippen LogP contribution < -0.4 is 0 Å². The molecule has 1 unspecified atom stereocenters. The molecule has 1 aromatic heterocycles. The van der Waals surface area contributed by atoms with Crippen LogP contribution in [0, 0.1) is 5.92 Å². The molecule has 0 fully saturated rings. The molecule has 0 radical (unpaired) electrons. The second-order valence-electron chi connectivity index (χ2n) is 4.81. The molecule has 0 amide bonds. The van der Waals surface area contributed by atoms with E-state index in [-0.39, 0.29) is 12.5 Å². The molecule has 100 valence electrons. The zero-order valence-electron chi connectivity index (χ0n) is 11.0. The van der Waals surface area contributed by atoms with Gasteiger partial charge in [-0.1, -0.05) is 48.0 Å². The molecule has 2 rings (SSSR count). The average Bonchev–Trinajstić information content (AvgIpc) is 2.40. The summed E-state index contributed by atoms with van der Waals surface area (Å²) < 4.78 is 1.00. The number of halogens is 1. The first-order valence-corrected chi connectivity index (χ1v) is 7.11. The van der Waals surface area contributed by atoms with Gasteiger partial charge in [-0.3, -0.25) is 0 Å². The van der Waals surface area contributed by atoms with E-state index < -0.39 is 0 Å². The Morgan fingerprint density at radius 1 is 1.21 bits per heavy atom. The summed E-state index contributed by atoms with van der Waals surface area (Å²) in [5.74, 6) is 0.979. The minimum atomic E-state index is -0.0255. The van der Waals surface area contributed by atoms with Crippen LogP contribution in [-0.4, -0.2) is 21.7 Å². The summed E-state index contributed by atoms with van der Waals surface area (Å²) in [5.41, 5.74) is 1.91. The lowest BCUT2D eigenvalue weighted by Crippen LogP contribution is -2.14. The molecule has 19 heavy (non-hydrogen) atoms. The second-order valence-corrected chi connectivity index (χ2v) is 5.67. The van der Waals surface area contributed by atoms with E-state index in [0.717, 1.165) is 15.7 Å². The van der Waals surface area contributed by atoms with Crippen LogP contribution in [0.25, 0.3) is 11.3 Å². The summed E-state index contributed by atoms with van der Waals surface area (Å²) in [4.78, 5) is 8.90. The van der Waals surface area contributed by atoms with Gasteiger partial charge in [-0.2, -0.15) is 0 Å². The zero-order valence-corrected chi connectivity index (χ0v) is 12.6. The van der Waals surface area contributed by atoms with Gasteiger partial charge in [0.1, 0.15) is 5.82 Å². The van der Waals surface area contributed by atoms with Crippen LogP contribution >= 0.6 is 15.9 Å². The van der Waals surface area contributed by atoms with Crippen molar-refractivity contribution in [3.05, 3.63) is 46.8 Å². The fourth-order valence-electron chi connectivity index (χ4n) is 1.96. The van der Waals surface area contributed by atoms with Crippen LogP contribution in [0.5, 0.6) is 0 Å². The maximum atomic E-state index is 9.48. The molecule has 0 aliphatic rings. The smallest absolute Gasteiger partial charge is 0.134 e. The van der Waals surface area contributed by atoms with E-state index in [1.54, 1.807) is 6.20 Å². The van der Waals surface area contributed by atoms with Crippen molar-refractivity contribution in [3.8, 4) is 11.3 Å². The molecule has 1 atom stereocenters. The van der Waals surface area contributed by atoms with Gasteiger partial charge >= 0.3 is 0 Å². The van der Waals surface area contributed by atoms with Crippen LogP contribution in [0.2, 0.25) is 0 Å². The van der Waals surface area contributed by atoms with Gasteiger partial charge in [0.2, 0.25) is 0 Å². The molecule has 2 aromatic rings. The van der Waals surface area contributed by atoms with Crippen LogP contribution in [0.1, 0.15) is 25.6 Å². The van der Waals surface area contributed by atoms with Gasteiger partial charge in [-0.05, 0) is 18.1 Å². The van der Waals surface area contributed by atoms with Gasteiger partial charge in [0.15, 0.2) is 0 Å². The highest BCUT2D eigenvalue weighted by Gasteiger charge is 2.18. The number of aromatic nitrogens is 2. The van der Waals surface area contributed by atoms with Gasteiger partial charge in [-0.15, -0.1) is 0 Å². The lowest BCUT2D eigenvalue weighted by Gasteiger charge is -2.17. The van der Waals surface area contributed by atoms with E-state index in [1.165, 1.54) is 0 Å². The minimum absolute atomic E-state index is 0.0255. The normalized spacial score (nSPS) is 12.7. The van der Waals surface area contributed by atoms with Crippen molar-refractivity contribution >= 4 is 15.9 Å². The maximum Gasteiger partial charge on any atom is 0.134 e. The van der Waals surface area contributed by atoms with Gasteiger partial charge in [0.05, 0.1) is 12.3 Å². The van der Waals surface area contributed by atoms with E-state index in [9.17, 15) is 5.11 Å². The lowest BCUT2D eigenvalue weighted by atomic mass is 9.96. The molecule has 0 aliphatic heterocycles. The largest absolute Gasteiger partial charge is 0.396 e. The van der Waals surface area contributed by atoms with Crippen molar-refractivity contribution in [1.82, 2.24) is 9.97 Å². The average molecular weight is 321 g/mol. The third-order valence-electron chi connectivity index (χ3n) is 3.16. The zero-order chi connectivity index (χ0) is 13.8. The number of aliphatic hydroxyl groups is 1. The molecule has 1 aromatic carbocycles. The van der Waals surface area contributed by atoms with Crippen LogP contribution in [0.15, 0.2) is 41.0 Å². The second kappa shape index (κ2) is 6.26. The highest BCUT2D eigenvalue weighted by Crippen LogP contribution is 2.28. The van der Waals surface area contributed by atoms with Crippen molar-refractivity contribution in [2.24, 2.45) is 5.92 Å².